The van der Waals surface area contributed by atoms with Crippen LogP contribution in [0.2, 0.25) is 0 Å². The van der Waals surface area contributed by atoms with Gasteiger partial charge in [-0.2, -0.15) is 0 Å². The Balaban J connectivity index is 1.36. The summed E-state index contributed by atoms with van der Waals surface area (Å²) in [4.78, 5) is 16.2. The second kappa shape index (κ2) is 7.42. The van der Waals surface area contributed by atoms with Crippen molar-refractivity contribution in [3.63, 3.8) is 0 Å². The summed E-state index contributed by atoms with van der Waals surface area (Å²) in [7, 11) is -3.67. The van der Waals surface area contributed by atoms with Crippen LogP contribution in [0.1, 0.15) is 5.56 Å². The molecule has 2 aromatic carbocycles. The van der Waals surface area contributed by atoms with Crippen LogP contribution in [0.25, 0.3) is 0 Å². The van der Waals surface area contributed by atoms with Gasteiger partial charge in [0.2, 0.25) is 10.0 Å². The molecule has 2 aromatic rings. The Labute approximate surface area is 163 Å². The van der Waals surface area contributed by atoms with Gasteiger partial charge in [0.25, 0.3) is 5.91 Å². The number of carbonyl (C=O) groups excluding carboxylic acids is 1. The van der Waals surface area contributed by atoms with E-state index in [0.29, 0.717) is 5.75 Å². The van der Waals surface area contributed by atoms with E-state index in [1.807, 2.05) is 18.2 Å². The summed E-state index contributed by atoms with van der Waals surface area (Å²) in [5.41, 5.74) is 2.83. The van der Waals surface area contributed by atoms with Crippen LogP contribution in [0.4, 0.5) is 11.4 Å². The third kappa shape index (κ3) is 4.11. The number of sulfonamides is 1. The third-order valence-corrected chi connectivity index (χ3v) is 5.91. The first-order valence-corrected chi connectivity index (χ1v) is 10.6. The van der Waals surface area contributed by atoms with Crippen LogP contribution in [0.5, 0.6) is 5.75 Å². The summed E-state index contributed by atoms with van der Waals surface area (Å²) in [6.07, 6.45) is 0. The van der Waals surface area contributed by atoms with Crippen molar-refractivity contribution in [2.45, 2.75) is 11.4 Å². The minimum atomic E-state index is -3.67. The molecular formula is C19H22N4O4S. The molecule has 1 fully saturated rings. The summed E-state index contributed by atoms with van der Waals surface area (Å²) in [5.74, 6) is 0.572. The number of rotatable bonds is 4. The van der Waals surface area contributed by atoms with Gasteiger partial charge in [-0.25, -0.2) is 13.6 Å². The molecule has 0 radical (unpaired) electrons. The number of amides is 1. The summed E-state index contributed by atoms with van der Waals surface area (Å²) in [6, 6.07) is 12.6. The second-order valence-corrected chi connectivity index (χ2v) is 8.53. The summed E-state index contributed by atoms with van der Waals surface area (Å²) >= 11 is 0. The van der Waals surface area contributed by atoms with Crippen molar-refractivity contribution in [2.75, 3.05) is 43.0 Å². The maximum atomic E-state index is 11.5. The number of piperazine rings is 1. The van der Waals surface area contributed by atoms with Crippen LogP contribution in [0, 0.1) is 0 Å². The number of hydrogen-bond acceptors (Lipinski definition) is 6. The van der Waals surface area contributed by atoms with E-state index in [4.69, 9.17) is 9.88 Å². The molecule has 2 aliphatic rings. The number of nitrogens with one attached hydrogen (secondary N) is 1. The van der Waals surface area contributed by atoms with Crippen molar-refractivity contribution in [2.24, 2.45) is 5.14 Å². The topological polar surface area (TPSA) is 105 Å². The van der Waals surface area contributed by atoms with E-state index in [9.17, 15) is 13.2 Å². The van der Waals surface area contributed by atoms with Gasteiger partial charge in [0, 0.05) is 38.4 Å². The molecule has 0 saturated carbocycles. The van der Waals surface area contributed by atoms with Crippen molar-refractivity contribution in [3.05, 3.63) is 48.0 Å². The van der Waals surface area contributed by atoms with E-state index < -0.39 is 10.0 Å². The third-order valence-electron chi connectivity index (χ3n) is 4.99. The fraction of sp³-hybridized carbons (Fsp3) is 0.316. The number of anilines is 2. The molecule has 1 amide bonds. The van der Waals surface area contributed by atoms with Crippen LogP contribution in [-0.2, 0) is 21.4 Å². The fourth-order valence-corrected chi connectivity index (χ4v) is 4.01. The smallest absolute Gasteiger partial charge is 0.262 e. The van der Waals surface area contributed by atoms with Gasteiger partial charge in [-0.1, -0.05) is 6.07 Å². The molecule has 3 N–H and O–H groups in total. The summed E-state index contributed by atoms with van der Waals surface area (Å²) in [6.45, 7) is 4.32. The van der Waals surface area contributed by atoms with Crippen LogP contribution in [0.3, 0.4) is 0 Å². The molecule has 148 valence electrons. The van der Waals surface area contributed by atoms with Crippen molar-refractivity contribution < 1.29 is 17.9 Å². The van der Waals surface area contributed by atoms with Gasteiger partial charge < -0.3 is 15.0 Å². The Morgan fingerprint density at radius 2 is 1.75 bits per heavy atom. The molecule has 0 aromatic heterocycles. The predicted octanol–water partition coefficient (Wildman–Crippen LogP) is 0.987. The van der Waals surface area contributed by atoms with Crippen LogP contribution >= 0.6 is 0 Å². The number of fused-ring (bicyclic) bond motifs is 1. The molecule has 8 nitrogen and oxygen atoms in total. The van der Waals surface area contributed by atoms with E-state index in [0.717, 1.165) is 49.7 Å². The Hall–Kier alpha value is -2.62. The average Bonchev–Trinajstić information content (AvgIpc) is 2.68. The highest BCUT2D eigenvalue weighted by atomic mass is 32.2. The zero-order chi connectivity index (χ0) is 19.7. The van der Waals surface area contributed by atoms with Crippen molar-refractivity contribution in [1.82, 2.24) is 4.90 Å². The van der Waals surface area contributed by atoms with E-state index >= 15 is 0 Å². The van der Waals surface area contributed by atoms with Gasteiger partial charge in [0.1, 0.15) is 5.75 Å². The number of carbonyl (C=O) groups is 1. The van der Waals surface area contributed by atoms with Gasteiger partial charge in [-0.05, 0) is 42.0 Å². The predicted molar refractivity (Wildman–Crippen MR) is 106 cm³/mol. The first-order chi connectivity index (χ1) is 13.4. The zero-order valence-corrected chi connectivity index (χ0v) is 16.1. The first kappa shape index (κ1) is 18.7. The molecule has 0 bridgehead atoms. The Morgan fingerprint density at radius 1 is 1.04 bits per heavy atom. The molecule has 9 heteroatoms. The highest BCUT2D eigenvalue weighted by Gasteiger charge is 2.20. The Morgan fingerprint density at radius 3 is 2.43 bits per heavy atom. The van der Waals surface area contributed by atoms with E-state index in [1.165, 1.54) is 0 Å². The van der Waals surface area contributed by atoms with E-state index in [-0.39, 0.29) is 17.4 Å². The van der Waals surface area contributed by atoms with Crippen LogP contribution in [0.15, 0.2) is 47.4 Å². The lowest BCUT2D eigenvalue weighted by Crippen LogP contribution is -2.46. The molecule has 4 rings (SSSR count). The van der Waals surface area contributed by atoms with Crippen molar-refractivity contribution in [3.8, 4) is 5.75 Å². The van der Waals surface area contributed by atoms with E-state index in [2.05, 4.69) is 15.1 Å². The maximum absolute atomic E-state index is 11.5. The van der Waals surface area contributed by atoms with Crippen molar-refractivity contribution >= 4 is 27.3 Å². The Kier molecular flexibility index (Phi) is 4.96. The lowest BCUT2D eigenvalue weighted by atomic mass is 10.1. The minimum Gasteiger partial charge on any atom is -0.482 e. The Bertz CT molecular complexity index is 983. The molecule has 28 heavy (non-hydrogen) atoms. The standard InChI is InChI=1S/C19H22N4O4S/c20-28(25,26)16-4-2-15(3-5-16)23-9-7-22(8-10-23)12-14-1-6-18-17(11-14)21-19(24)13-27-18/h1-6,11H,7-10,12-13H2,(H,21,24)(H2,20,25,26). The fourth-order valence-electron chi connectivity index (χ4n) is 3.50. The van der Waals surface area contributed by atoms with E-state index in [1.54, 1.807) is 24.3 Å². The normalized spacial score (nSPS) is 17.6. The van der Waals surface area contributed by atoms with Gasteiger partial charge in [-0.15, -0.1) is 0 Å². The number of hydrogen-bond donors (Lipinski definition) is 2. The zero-order valence-electron chi connectivity index (χ0n) is 15.3. The van der Waals surface area contributed by atoms with Crippen molar-refractivity contribution in [1.29, 1.82) is 0 Å². The monoisotopic (exact) mass is 402 g/mol. The maximum Gasteiger partial charge on any atom is 0.262 e. The van der Waals surface area contributed by atoms with Gasteiger partial charge in [0.15, 0.2) is 6.61 Å². The quantitative estimate of drug-likeness (QED) is 0.790. The summed E-state index contributed by atoms with van der Waals surface area (Å²) in [5, 5.41) is 7.99. The second-order valence-electron chi connectivity index (χ2n) is 6.97. The lowest BCUT2D eigenvalue weighted by Gasteiger charge is -2.36. The summed E-state index contributed by atoms with van der Waals surface area (Å²) < 4.78 is 28.1. The van der Waals surface area contributed by atoms with Gasteiger partial charge >= 0.3 is 0 Å². The molecule has 1 saturated heterocycles. The molecule has 0 atom stereocenters. The number of primary sulfonamides is 1. The highest BCUT2D eigenvalue weighted by Crippen LogP contribution is 2.29. The molecule has 0 spiro atoms. The largest absolute Gasteiger partial charge is 0.482 e. The molecule has 0 unspecified atom stereocenters. The molecule has 2 heterocycles. The number of nitrogens with two attached hydrogens (primary N) is 1. The molecule has 0 aliphatic carbocycles. The first-order valence-electron chi connectivity index (χ1n) is 9.04. The van der Waals surface area contributed by atoms with Crippen LogP contribution < -0.4 is 20.1 Å². The van der Waals surface area contributed by atoms with Gasteiger partial charge in [-0.3, -0.25) is 9.69 Å². The number of ether oxygens (including phenoxy) is 1. The number of nitrogens with zero attached hydrogens (tertiary/aromatic N) is 2. The number of benzene rings is 2. The highest BCUT2D eigenvalue weighted by molar-refractivity contribution is 7.89. The lowest BCUT2D eigenvalue weighted by molar-refractivity contribution is -0.118. The minimum absolute atomic E-state index is 0.0620. The SMILES string of the molecule is NS(=O)(=O)c1ccc(N2CCN(Cc3ccc4c(c3)NC(=O)CO4)CC2)cc1. The molecular weight excluding hydrogens is 380 g/mol. The average molecular weight is 402 g/mol. The van der Waals surface area contributed by atoms with Gasteiger partial charge in [0.05, 0.1) is 10.6 Å². The van der Waals surface area contributed by atoms with Crippen LogP contribution in [-0.4, -0.2) is 52.0 Å². The molecule has 2 aliphatic heterocycles.